The van der Waals surface area contributed by atoms with Crippen molar-refractivity contribution in [3.8, 4) is 0 Å². The van der Waals surface area contributed by atoms with E-state index in [1.54, 1.807) is 0 Å². The van der Waals surface area contributed by atoms with Gasteiger partial charge in [0.15, 0.2) is 0 Å². The molecule has 110 valence electrons. The molecular formula is C13H14F4N2O. The number of nitrogens with one attached hydrogen (secondary N) is 1. The summed E-state index contributed by atoms with van der Waals surface area (Å²) in [5.74, 6) is -1.78. The predicted molar refractivity (Wildman–Crippen MR) is 64.4 cm³/mol. The molecule has 1 saturated carbocycles. The molecule has 0 spiro atoms. The van der Waals surface area contributed by atoms with Crippen LogP contribution in [0.5, 0.6) is 0 Å². The van der Waals surface area contributed by atoms with E-state index in [-0.39, 0.29) is 24.1 Å². The molecule has 1 fully saturated rings. The summed E-state index contributed by atoms with van der Waals surface area (Å²) in [5.41, 5.74) is 3.84. The van der Waals surface area contributed by atoms with Gasteiger partial charge >= 0.3 is 6.18 Å². The summed E-state index contributed by atoms with van der Waals surface area (Å²) in [6, 6.07) is 1.94. The number of alkyl halides is 3. The Kier molecular flexibility index (Phi) is 3.99. The Balaban J connectivity index is 2.17. The summed E-state index contributed by atoms with van der Waals surface area (Å²) in [6.07, 6.45) is -2.94. The fourth-order valence-electron chi connectivity index (χ4n) is 2.00. The molecule has 3 nitrogen and oxygen atoms in total. The largest absolute Gasteiger partial charge is 0.419 e. The summed E-state index contributed by atoms with van der Waals surface area (Å²) < 4.78 is 50.8. The molecule has 1 amide bonds. The van der Waals surface area contributed by atoms with Crippen LogP contribution in [0.15, 0.2) is 18.2 Å². The molecule has 0 bridgehead atoms. The van der Waals surface area contributed by atoms with Gasteiger partial charge in [-0.15, -0.1) is 0 Å². The lowest BCUT2D eigenvalue weighted by Crippen LogP contribution is -2.41. The number of hydrogen-bond donors (Lipinski definition) is 2. The summed E-state index contributed by atoms with van der Waals surface area (Å²) in [6.45, 7) is 0.226. The van der Waals surface area contributed by atoms with Crippen LogP contribution >= 0.6 is 0 Å². The smallest absolute Gasteiger partial charge is 0.348 e. The second-order valence-corrected chi connectivity index (χ2v) is 4.85. The van der Waals surface area contributed by atoms with Gasteiger partial charge in [0.1, 0.15) is 5.82 Å². The Bertz CT molecular complexity index is 512. The topological polar surface area (TPSA) is 55.1 Å². The van der Waals surface area contributed by atoms with Gasteiger partial charge in [-0.2, -0.15) is 13.2 Å². The van der Waals surface area contributed by atoms with Crippen molar-refractivity contribution in [3.05, 3.63) is 35.1 Å². The Morgan fingerprint density at radius 1 is 1.40 bits per heavy atom. The first kappa shape index (κ1) is 14.8. The minimum absolute atomic E-state index is 0.224. The van der Waals surface area contributed by atoms with Crippen LogP contribution in [-0.4, -0.2) is 18.5 Å². The van der Waals surface area contributed by atoms with E-state index < -0.39 is 23.5 Å². The van der Waals surface area contributed by atoms with E-state index in [4.69, 9.17) is 5.73 Å². The van der Waals surface area contributed by atoms with E-state index in [0.29, 0.717) is 12.1 Å². The Hall–Kier alpha value is -1.63. The molecule has 1 aliphatic rings. The summed E-state index contributed by atoms with van der Waals surface area (Å²) in [5, 5.41) is 2.59. The maximum atomic E-state index is 13.1. The lowest BCUT2D eigenvalue weighted by atomic mass is 10.1. The van der Waals surface area contributed by atoms with E-state index in [1.165, 1.54) is 0 Å². The lowest BCUT2D eigenvalue weighted by Gasteiger charge is -2.16. The van der Waals surface area contributed by atoms with Crippen LogP contribution in [0.3, 0.4) is 0 Å². The van der Waals surface area contributed by atoms with Gasteiger partial charge in [0.2, 0.25) is 0 Å². The third kappa shape index (κ3) is 3.27. The second-order valence-electron chi connectivity index (χ2n) is 4.85. The van der Waals surface area contributed by atoms with E-state index in [9.17, 15) is 22.4 Å². The number of rotatable bonds is 4. The maximum Gasteiger partial charge on any atom is 0.419 e. The number of hydrogen-bond acceptors (Lipinski definition) is 2. The van der Waals surface area contributed by atoms with Crippen molar-refractivity contribution in [2.24, 2.45) is 11.7 Å². The first-order valence-electron chi connectivity index (χ1n) is 6.20. The van der Waals surface area contributed by atoms with Gasteiger partial charge in [0, 0.05) is 18.2 Å². The Morgan fingerprint density at radius 3 is 2.55 bits per heavy atom. The van der Waals surface area contributed by atoms with Crippen molar-refractivity contribution in [2.45, 2.75) is 25.1 Å². The third-order valence-corrected chi connectivity index (χ3v) is 3.30. The average molecular weight is 290 g/mol. The molecule has 1 aromatic rings. The van der Waals surface area contributed by atoms with Crippen molar-refractivity contribution < 1.29 is 22.4 Å². The van der Waals surface area contributed by atoms with E-state index in [0.717, 1.165) is 18.9 Å². The third-order valence-electron chi connectivity index (χ3n) is 3.30. The summed E-state index contributed by atoms with van der Waals surface area (Å²) in [7, 11) is 0. The van der Waals surface area contributed by atoms with Crippen molar-refractivity contribution in [2.75, 3.05) is 6.54 Å². The quantitative estimate of drug-likeness (QED) is 0.836. The highest BCUT2D eigenvalue weighted by atomic mass is 19.4. The Morgan fingerprint density at radius 2 is 2.05 bits per heavy atom. The van der Waals surface area contributed by atoms with Gasteiger partial charge in [-0.1, -0.05) is 0 Å². The first-order valence-corrected chi connectivity index (χ1v) is 6.20. The number of benzene rings is 1. The molecule has 0 aromatic heterocycles. The normalized spacial score (nSPS) is 16.9. The number of carbonyl (C=O) groups is 1. The fourth-order valence-corrected chi connectivity index (χ4v) is 2.00. The molecule has 0 radical (unpaired) electrons. The molecule has 0 heterocycles. The van der Waals surface area contributed by atoms with E-state index >= 15 is 0 Å². The van der Waals surface area contributed by atoms with Crippen molar-refractivity contribution in [1.82, 2.24) is 5.32 Å². The van der Waals surface area contributed by atoms with E-state index in [2.05, 4.69) is 5.32 Å². The molecule has 1 unspecified atom stereocenters. The van der Waals surface area contributed by atoms with Gasteiger partial charge in [0.05, 0.1) is 5.56 Å². The van der Waals surface area contributed by atoms with Gasteiger partial charge in [-0.25, -0.2) is 4.39 Å². The van der Waals surface area contributed by atoms with Crippen molar-refractivity contribution >= 4 is 5.91 Å². The van der Waals surface area contributed by atoms with Crippen LogP contribution in [0.1, 0.15) is 28.8 Å². The van der Waals surface area contributed by atoms with Crippen molar-refractivity contribution in [3.63, 3.8) is 0 Å². The highest BCUT2D eigenvalue weighted by molar-refractivity contribution is 5.94. The zero-order valence-electron chi connectivity index (χ0n) is 10.5. The molecule has 3 N–H and O–H groups in total. The van der Waals surface area contributed by atoms with Crippen LogP contribution in [0.4, 0.5) is 17.6 Å². The number of nitrogens with two attached hydrogens (primary N) is 1. The van der Waals surface area contributed by atoms with Gasteiger partial charge in [0.25, 0.3) is 5.91 Å². The fraction of sp³-hybridized carbons (Fsp3) is 0.462. The van der Waals surface area contributed by atoms with Crippen molar-refractivity contribution in [1.29, 1.82) is 0 Å². The molecule has 1 aromatic carbocycles. The molecule has 0 aliphatic heterocycles. The standard InChI is InChI=1S/C13H14F4N2O/c14-10-4-3-8(5-9(10)13(15,16)17)12(20)19-11(6-18)7-1-2-7/h3-5,7,11H,1-2,6,18H2,(H,19,20). The minimum Gasteiger partial charge on any atom is -0.348 e. The summed E-state index contributed by atoms with van der Waals surface area (Å²) in [4.78, 5) is 11.9. The van der Waals surface area contributed by atoms with Gasteiger partial charge < -0.3 is 11.1 Å². The molecular weight excluding hydrogens is 276 g/mol. The summed E-state index contributed by atoms with van der Waals surface area (Å²) >= 11 is 0. The first-order chi connectivity index (χ1) is 9.32. The minimum atomic E-state index is -4.83. The maximum absolute atomic E-state index is 13.1. The molecule has 2 rings (SSSR count). The highest BCUT2D eigenvalue weighted by Crippen LogP contribution is 2.33. The van der Waals surface area contributed by atoms with Crippen LogP contribution in [0.2, 0.25) is 0 Å². The van der Waals surface area contributed by atoms with E-state index in [1.807, 2.05) is 0 Å². The van der Waals surface area contributed by atoms with Gasteiger partial charge in [-0.3, -0.25) is 4.79 Å². The van der Waals surface area contributed by atoms with Crippen LogP contribution in [-0.2, 0) is 6.18 Å². The SMILES string of the molecule is NCC(NC(=O)c1ccc(F)c(C(F)(F)F)c1)C1CC1. The molecule has 7 heteroatoms. The molecule has 1 aliphatic carbocycles. The lowest BCUT2D eigenvalue weighted by molar-refractivity contribution is -0.140. The predicted octanol–water partition coefficient (Wildman–Crippen LogP) is 2.31. The number of amides is 1. The zero-order valence-corrected chi connectivity index (χ0v) is 10.5. The zero-order chi connectivity index (χ0) is 14.9. The second kappa shape index (κ2) is 5.40. The van der Waals surface area contributed by atoms with Crippen LogP contribution in [0, 0.1) is 11.7 Å². The Labute approximate surface area is 113 Å². The monoisotopic (exact) mass is 290 g/mol. The molecule has 1 atom stereocenters. The van der Waals surface area contributed by atoms with Crippen LogP contribution in [0.25, 0.3) is 0 Å². The molecule has 20 heavy (non-hydrogen) atoms. The average Bonchev–Trinajstić information content (AvgIpc) is 3.19. The van der Waals surface area contributed by atoms with Gasteiger partial charge in [-0.05, 0) is 37.0 Å². The van der Waals surface area contributed by atoms with Crippen LogP contribution < -0.4 is 11.1 Å². The number of halogens is 4. The highest BCUT2D eigenvalue weighted by Gasteiger charge is 2.35. The number of carbonyl (C=O) groups excluding carboxylic acids is 1. The molecule has 0 saturated heterocycles.